The van der Waals surface area contributed by atoms with Crippen LogP contribution in [0, 0.1) is 0 Å². The van der Waals surface area contributed by atoms with Gasteiger partial charge in [-0.05, 0) is 11.1 Å². The van der Waals surface area contributed by atoms with E-state index in [-0.39, 0.29) is 17.7 Å². The van der Waals surface area contributed by atoms with E-state index >= 15 is 0 Å². The molecular formula is C12H12BrF2N3O3. The van der Waals surface area contributed by atoms with Gasteiger partial charge in [0.15, 0.2) is 12.4 Å². The number of halogens is 3. The summed E-state index contributed by atoms with van der Waals surface area (Å²) in [5, 5.41) is 9.06. The van der Waals surface area contributed by atoms with E-state index in [2.05, 4.69) is 20.9 Å². The van der Waals surface area contributed by atoms with Crippen LogP contribution in [-0.2, 0) is 4.74 Å². The third kappa shape index (κ3) is 2.89. The zero-order chi connectivity index (χ0) is 15.6. The normalized spacial score (nSPS) is 27.8. The van der Waals surface area contributed by atoms with Crippen molar-refractivity contribution < 1.29 is 18.6 Å². The van der Waals surface area contributed by atoms with E-state index in [1.807, 2.05) is 0 Å². The number of rotatable bonds is 3. The highest BCUT2D eigenvalue weighted by Gasteiger charge is 2.42. The monoisotopic (exact) mass is 363 g/mol. The molecule has 9 heteroatoms. The number of aromatic nitrogens is 2. The molecule has 3 N–H and O–H groups in total. The van der Waals surface area contributed by atoms with Crippen LogP contribution in [-0.4, -0.2) is 33.5 Å². The first kappa shape index (κ1) is 15.8. The maximum Gasteiger partial charge on any atom is 0.351 e. The highest BCUT2D eigenvalue weighted by molar-refractivity contribution is 9.11. The van der Waals surface area contributed by atoms with Crippen molar-refractivity contribution in [2.24, 2.45) is 0 Å². The number of nitrogen functional groups attached to an aromatic ring is 1. The minimum atomic E-state index is -1.91. The number of nitrogens with two attached hydrogens (primary N) is 1. The van der Waals surface area contributed by atoms with Crippen molar-refractivity contribution in [2.75, 3.05) is 12.3 Å². The Morgan fingerprint density at radius 1 is 1.62 bits per heavy atom. The van der Waals surface area contributed by atoms with Crippen LogP contribution in [0.1, 0.15) is 11.8 Å². The molecule has 2 heterocycles. The molecule has 3 atom stereocenters. The maximum absolute atomic E-state index is 14.2. The second-order valence-corrected chi connectivity index (χ2v) is 4.80. The molecule has 0 aliphatic carbocycles. The molecule has 0 spiro atoms. The van der Waals surface area contributed by atoms with Crippen molar-refractivity contribution in [3.05, 3.63) is 39.1 Å². The molecule has 1 aliphatic rings. The summed E-state index contributed by atoms with van der Waals surface area (Å²) < 4.78 is 32.9. The summed E-state index contributed by atoms with van der Waals surface area (Å²) in [6, 6.07) is 0. The molecule has 1 aromatic rings. The number of alkyl halides is 1. The molecule has 0 amide bonds. The predicted molar refractivity (Wildman–Crippen MR) is 76.0 cm³/mol. The fourth-order valence-corrected chi connectivity index (χ4v) is 2.30. The SMILES string of the molecule is Nc1nc(=O)n(C2OC(CO)/C(=C/F)C2F)cc1/C=C/Br. The van der Waals surface area contributed by atoms with Gasteiger partial charge >= 0.3 is 5.69 Å². The van der Waals surface area contributed by atoms with Gasteiger partial charge in [-0.2, -0.15) is 4.98 Å². The van der Waals surface area contributed by atoms with Crippen LogP contribution in [0.4, 0.5) is 14.6 Å². The van der Waals surface area contributed by atoms with Crippen molar-refractivity contribution in [2.45, 2.75) is 18.5 Å². The molecular weight excluding hydrogens is 352 g/mol. The van der Waals surface area contributed by atoms with Gasteiger partial charge in [0.1, 0.15) is 11.9 Å². The van der Waals surface area contributed by atoms with E-state index in [9.17, 15) is 13.6 Å². The van der Waals surface area contributed by atoms with Crippen molar-refractivity contribution in [1.29, 1.82) is 0 Å². The van der Waals surface area contributed by atoms with Gasteiger partial charge in [-0.15, -0.1) is 0 Å². The first-order valence-electron chi connectivity index (χ1n) is 5.89. The summed E-state index contributed by atoms with van der Waals surface area (Å²) in [6.07, 6.45) is -1.65. The average molecular weight is 364 g/mol. The Bertz CT molecular complexity index is 647. The lowest BCUT2D eigenvalue weighted by Crippen LogP contribution is -2.31. The summed E-state index contributed by atoms with van der Waals surface area (Å²) in [5.41, 5.74) is 4.75. The van der Waals surface area contributed by atoms with E-state index in [0.29, 0.717) is 5.56 Å². The molecule has 0 radical (unpaired) electrons. The zero-order valence-corrected chi connectivity index (χ0v) is 12.2. The van der Waals surface area contributed by atoms with E-state index in [4.69, 9.17) is 15.6 Å². The molecule has 0 saturated carbocycles. The fraction of sp³-hybridized carbons (Fsp3) is 0.333. The van der Waals surface area contributed by atoms with Gasteiger partial charge in [0.2, 0.25) is 0 Å². The Kier molecular flexibility index (Phi) is 4.86. The van der Waals surface area contributed by atoms with Gasteiger partial charge in [-0.25, -0.2) is 13.6 Å². The summed E-state index contributed by atoms with van der Waals surface area (Å²) in [7, 11) is 0. The summed E-state index contributed by atoms with van der Waals surface area (Å²) in [6.45, 7) is -0.599. The maximum atomic E-state index is 14.2. The van der Waals surface area contributed by atoms with E-state index in [1.54, 1.807) is 0 Å². The number of hydrogen-bond donors (Lipinski definition) is 2. The lowest BCUT2D eigenvalue weighted by atomic mass is 10.1. The van der Waals surface area contributed by atoms with Crippen LogP contribution in [0.5, 0.6) is 0 Å². The van der Waals surface area contributed by atoms with Gasteiger partial charge in [0.25, 0.3) is 0 Å². The smallest absolute Gasteiger partial charge is 0.351 e. The second-order valence-electron chi connectivity index (χ2n) is 4.27. The van der Waals surface area contributed by atoms with Crippen LogP contribution >= 0.6 is 15.9 Å². The third-order valence-corrected chi connectivity index (χ3v) is 3.33. The number of hydrogen-bond acceptors (Lipinski definition) is 5. The summed E-state index contributed by atoms with van der Waals surface area (Å²) in [4.78, 5) is 16.9. The van der Waals surface area contributed by atoms with Crippen LogP contribution in [0.2, 0.25) is 0 Å². The molecule has 6 nitrogen and oxygen atoms in total. The van der Waals surface area contributed by atoms with Gasteiger partial charge < -0.3 is 15.6 Å². The minimum absolute atomic E-state index is 0.0275. The van der Waals surface area contributed by atoms with E-state index in [0.717, 1.165) is 4.57 Å². The fourth-order valence-electron chi connectivity index (χ4n) is 2.02. The molecule has 0 aromatic carbocycles. The molecule has 3 unspecified atom stereocenters. The number of anilines is 1. The Morgan fingerprint density at radius 3 is 2.86 bits per heavy atom. The van der Waals surface area contributed by atoms with Crippen LogP contribution in [0.15, 0.2) is 27.9 Å². The lowest BCUT2D eigenvalue weighted by molar-refractivity contribution is -0.0375. The van der Waals surface area contributed by atoms with E-state index in [1.165, 1.54) is 17.3 Å². The third-order valence-electron chi connectivity index (χ3n) is 3.06. The first-order chi connectivity index (χ1) is 10.0. The van der Waals surface area contributed by atoms with Gasteiger partial charge in [-0.3, -0.25) is 4.57 Å². The number of ether oxygens (including phenoxy) is 1. The van der Waals surface area contributed by atoms with Crippen molar-refractivity contribution >= 4 is 27.8 Å². The van der Waals surface area contributed by atoms with Crippen LogP contribution < -0.4 is 11.4 Å². The Hall–Kier alpha value is -1.58. The second kappa shape index (κ2) is 6.46. The zero-order valence-electron chi connectivity index (χ0n) is 10.6. The molecule has 1 aliphatic heterocycles. The molecule has 0 bridgehead atoms. The van der Waals surface area contributed by atoms with Crippen LogP contribution in [0.25, 0.3) is 6.08 Å². The molecule has 1 fully saturated rings. The van der Waals surface area contributed by atoms with Gasteiger partial charge in [0, 0.05) is 17.3 Å². The molecule has 1 aromatic heterocycles. The lowest BCUT2D eigenvalue weighted by Gasteiger charge is -2.16. The first-order valence-corrected chi connectivity index (χ1v) is 6.81. The Balaban J connectivity index is 2.47. The summed E-state index contributed by atoms with van der Waals surface area (Å²) in [5.74, 6) is -0.0275. The Morgan fingerprint density at radius 2 is 2.33 bits per heavy atom. The molecule has 114 valence electrons. The van der Waals surface area contributed by atoms with Gasteiger partial charge in [-0.1, -0.05) is 15.9 Å². The number of aliphatic hydroxyl groups excluding tert-OH is 1. The number of aliphatic hydroxyl groups is 1. The van der Waals surface area contributed by atoms with Gasteiger partial charge in [0.05, 0.1) is 12.9 Å². The average Bonchev–Trinajstić information content (AvgIpc) is 2.78. The quantitative estimate of drug-likeness (QED) is 0.843. The molecule has 2 rings (SSSR count). The van der Waals surface area contributed by atoms with Crippen molar-refractivity contribution in [3.63, 3.8) is 0 Å². The number of nitrogens with zero attached hydrogens (tertiary/aromatic N) is 2. The van der Waals surface area contributed by atoms with Crippen LogP contribution in [0.3, 0.4) is 0 Å². The standard InChI is InChI=1S/C12H12BrF2N3O3/c13-2-1-6-4-18(12(20)17-10(6)16)11-9(15)7(3-14)8(5-19)21-11/h1-4,8-9,11,19H,5H2,(H2,16,17,20)/b2-1+,7-3-. The highest BCUT2D eigenvalue weighted by Crippen LogP contribution is 2.35. The minimum Gasteiger partial charge on any atom is -0.393 e. The van der Waals surface area contributed by atoms with E-state index < -0.39 is 30.8 Å². The predicted octanol–water partition coefficient (Wildman–Crippen LogP) is 1.27. The van der Waals surface area contributed by atoms with Crippen molar-refractivity contribution in [1.82, 2.24) is 9.55 Å². The van der Waals surface area contributed by atoms with Crippen molar-refractivity contribution in [3.8, 4) is 0 Å². The molecule has 1 saturated heterocycles. The highest BCUT2D eigenvalue weighted by atomic mass is 79.9. The molecule has 21 heavy (non-hydrogen) atoms. The largest absolute Gasteiger partial charge is 0.393 e. The topological polar surface area (TPSA) is 90.4 Å². The summed E-state index contributed by atoms with van der Waals surface area (Å²) >= 11 is 3.05. The Labute approximate surface area is 126 Å².